The third-order valence-electron chi connectivity index (χ3n) is 3.95. The predicted molar refractivity (Wildman–Crippen MR) is 87.8 cm³/mol. The number of thiophene rings is 1. The van der Waals surface area contributed by atoms with E-state index in [1.807, 2.05) is 32.2 Å². The van der Waals surface area contributed by atoms with Crippen LogP contribution in [0.3, 0.4) is 0 Å². The van der Waals surface area contributed by atoms with Crippen molar-refractivity contribution >= 4 is 27.3 Å². The van der Waals surface area contributed by atoms with Crippen LogP contribution in [0.1, 0.15) is 28.7 Å². The van der Waals surface area contributed by atoms with Crippen LogP contribution in [0.25, 0.3) is 10.2 Å². The third-order valence-corrected chi connectivity index (χ3v) is 4.78. The zero-order chi connectivity index (χ0) is 15.9. The van der Waals surface area contributed by atoms with Crippen LogP contribution < -0.4 is 5.56 Å². The average Bonchev–Trinajstić information content (AvgIpc) is 3.07. The molecule has 0 N–H and O–H groups in total. The molecule has 0 spiro atoms. The first-order valence-corrected chi connectivity index (χ1v) is 8.03. The molecule has 0 saturated carbocycles. The summed E-state index contributed by atoms with van der Waals surface area (Å²) in [5, 5.41) is 2.40. The van der Waals surface area contributed by atoms with E-state index in [1.54, 1.807) is 6.07 Å². The van der Waals surface area contributed by atoms with Gasteiger partial charge in [-0.1, -0.05) is 0 Å². The minimum atomic E-state index is -0.163. The van der Waals surface area contributed by atoms with Crippen molar-refractivity contribution in [3.05, 3.63) is 51.1 Å². The summed E-state index contributed by atoms with van der Waals surface area (Å²) in [6.07, 6.45) is 1.46. The maximum absolute atomic E-state index is 12.5. The van der Waals surface area contributed by atoms with Crippen LogP contribution in [0.4, 0.5) is 0 Å². The maximum Gasteiger partial charge on any atom is 0.262 e. The number of carbonyl (C=O) groups is 1. The molecule has 0 radical (unpaired) electrons. The van der Waals surface area contributed by atoms with Crippen molar-refractivity contribution in [2.24, 2.45) is 0 Å². The van der Waals surface area contributed by atoms with Crippen molar-refractivity contribution in [3.8, 4) is 0 Å². The van der Waals surface area contributed by atoms with Gasteiger partial charge in [0.15, 0.2) is 5.78 Å². The average molecular weight is 315 g/mol. The predicted octanol–water partition coefficient (Wildman–Crippen LogP) is 2.78. The SMILES string of the molecule is CCn1c(C)cc(C(=O)Cn2cnc3sccc3c2=O)c1C. The molecule has 3 aromatic rings. The minimum absolute atomic E-state index is 0.0195. The Balaban J connectivity index is 1.96. The molecule has 22 heavy (non-hydrogen) atoms. The number of carbonyl (C=O) groups excluding carboxylic acids is 1. The number of rotatable bonds is 4. The Morgan fingerprint density at radius 1 is 1.36 bits per heavy atom. The van der Waals surface area contributed by atoms with E-state index in [9.17, 15) is 9.59 Å². The van der Waals surface area contributed by atoms with E-state index in [4.69, 9.17) is 0 Å². The lowest BCUT2D eigenvalue weighted by molar-refractivity contribution is 0.0970. The number of fused-ring (bicyclic) bond motifs is 1. The molecule has 0 amide bonds. The minimum Gasteiger partial charge on any atom is -0.349 e. The van der Waals surface area contributed by atoms with E-state index in [0.29, 0.717) is 15.8 Å². The van der Waals surface area contributed by atoms with E-state index in [1.165, 1.54) is 22.2 Å². The van der Waals surface area contributed by atoms with Gasteiger partial charge in [-0.25, -0.2) is 4.98 Å². The molecule has 0 atom stereocenters. The molecule has 3 aromatic heterocycles. The summed E-state index contributed by atoms with van der Waals surface area (Å²) in [4.78, 5) is 29.8. The Morgan fingerprint density at radius 2 is 2.14 bits per heavy atom. The van der Waals surface area contributed by atoms with Crippen molar-refractivity contribution in [1.82, 2.24) is 14.1 Å². The van der Waals surface area contributed by atoms with Gasteiger partial charge >= 0.3 is 0 Å². The standard InChI is InChI=1S/C16H17N3O2S/c1-4-19-10(2)7-13(11(19)3)14(20)8-18-9-17-15-12(16(18)21)5-6-22-15/h5-7,9H,4,8H2,1-3H3. The largest absolute Gasteiger partial charge is 0.349 e. The Kier molecular flexibility index (Phi) is 3.70. The van der Waals surface area contributed by atoms with Gasteiger partial charge in [-0.3, -0.25) is 14.2 Å². The third kappa shape index (κ3) is 2.29. The molecule has 3 heterocycles. The molecule has 5 nitrogen and oxygen atoms in total. The first-order chi connectivity index (χ1) is 10.5. The van der Waals surface area contributed by atoms with Crippen molar-refractivity contribution in [3.63, 3.8) is 0 Å². The topological polar surface area (TPSA) is 56.9 Å². The van der Waals surface area contributed by atoms with Crippen LogP contribution in [-0.4, -0.2) is 19.9 Å². The number of Topliss-reactive ketones (excluding diaryl/α,β-unsaturated/α-hetero) is 1. The van der Waals surface area contributed by atoms with Gasteiger partial charge in [0, 0.05) is 23.5 Å². The van der Waals surface area contributed by atoms with Gasteiger partial charge in [0.2, 0.25) is 0 Å². The second-order valence-electron chi connectivity index (χ2n) is 5.27. The summed E-state index contributed by atoms with van der Waals surface area (Å²) in [5.74, 6) is -0.0636. The van der Waals surface area contributed by atoms with E-state index >= 15 is 0 Å². The number of aromatic nitrogens is 3. The van der Waals surface area contributed by atoms with Gasteiger partial charge in [0.05, 0.1) is 18.3 Å². The first-order valence-electron chi connectivity index (χ1n) is 7.15. The van der Waals surface area contributed by atoms with Gasteiger partial charge in [0.1, 0.15) is 4.83 Å². The maximum atomic E-state index is 12.5. The van der Waals surface area contributed by atoms with E-state index in [-0.39, 0.29) is 17.9 Å². The quantitative estimate of drug-likeness (QED) is 0.696. The zero-order valence-corrected chi connectivity index (χ0v) is 13.6. The van der Waals surface area contributed by atoms with E-state index in [0.717, 1.165) is 17.9 Å². The van der Waals surface area contributed by atoms with Crippen LogP contribution >= 0.6 is 11.3 Å². The van der Waals surface area contributed by atoms with Crippen molar-refractivity contribution < 1.29 is 4.79 Å². The lowest BCUT2D eigenvalue weighted by Gasteiger charge is -2.07. The fourth-order valence-electron chi connectivity index (χ4n) is 2.82. The lowest BCUT2D eigenvalue weighted by Crippen LogP contribution is -2.24. The second kappa shape index (κ2) is 5.53. The molecule has 0 saturated heterocycles. The molecule has 3 rings (SSSR count). The smallest absolute Gasteiger partial charge is 0.262 e. The molecule has 0 aliphatic rings. The Bertz CT molecular complexity index is 917. The van der Waals surface area contributed by atoms with Gasteiger partial charge in [-0.05, 0) is 38.3 Å². The van der Waals surface area contributed by atoms with Crippen LogP contribution in [0.15, 0.2) is 28.6 Å². The summed E-state index contributed by atoms with van der Waals surface area (Å²) in [6.45, 7) is 6.82. The highest BCUT2D eigenvalue weighted by atomic mass is 32.1. The van der Waals surface area contributed by atoms with Gasteiger partial charge in [-0.15, -0.1) is 11.3 Å². The van der Waals surface area contributed by atoms with Gasteiger partial charge in [0.25, 0.3) is 5.56 Å². The second-order valence-corrected chi connectivity index (χ2v) is 6.16. The number of nitrogens with zero attached hydrogens (tertiary/aromatic N) is 3. The van der Waals surface area contributed by atoms with Crippen molar-refractivity contribution in [2.75, 3.05) is 0 Å². The molecule has 114 valence electrons. The summed E-state index contributed by atoms with van der Waals surface area (Å²) in [7, 11) is 0. The highest BCUT2D eigenvalue weighted by molar-refractivity contribution is 7.16. The molecule has 0 bridgehead atoms. The number of hydrogen-bond donors (Lipinski definition) is 0. The number of aryl methyl sites for hydroxylation is 1. The lowest BCUT2D eigenvalue weighted by atomic mass is 10.1. The van der Waals surface area contributed by atoms with Gasteiger partial charge in [-0.2, -0.15) is 0 Å². The number of hydrogen-bond acceptors (Lipinski definition) is 4. The molecule has 0 fully saturated rings. The van der Waals surface area contributed by atoms with E-state index in [2.05, 4.69) is 9.55 Å². The van der Waals surface area contributed by atoms with E-state index < -0.39 is 0 Å². The highest BCUT2D eigenvalue weighted by Gasteiger charge is 2.16. The molecule has 6 heteroatoms. The first kappa shape index (κ1) is 14.7. The summed E-state index contributed by atoms with van der Waals surface area (Å²) in [6, 6.07) is 3.64. The van der Waals surface area contributed by atoms with Crippen LogP contribution in [0.5, 0.6) is 0 Å². The summed E-state index contributed by atoms with van der Waals surface area (Å²) < 4.78 is 3.48. The molecule has 0 aliphatic carbocycles. The normalized spacial score (nSPS) is 11.2. The monoisotopic (exact) mass is 315 g/mol. The van der Waals surface area contributed by atoms with Crippen LogP contribution in [0, 0.1) is 13.8 Å². The fraction of sp³-hybridized carbons (Fsp3) is 0.312. The Hall–Kier alpha value is -2.21. The highest BCUT2D eigenvalue weighted by Crippen LogP contribution is 2.17. The van der Waals surface area contributed by atoms with Crippen LogP contribution in [-0.2, 0) is 13.1 Å². The Morgan fingerprint density at radius 3 is 2.82 bits per heavy atom. The fourth-order valence-corrected chi connectivity index (χ4v) is 3.54. The zero-order valence-electron chi connectivity index (χ0n) is 12.8. The molecule has 0 aromatic carbocycles. The van der Waals surface area contributed by atoms with Crippen LogP contribution in [0.2, 0.25) is 0 Å². The summed E-state index contributed by atoms with van der Waals surface area (Å²) >= 11 is 1.42. The van der Waals surface area contributed by atoms with Crippen molar-refractivity contribution in [2.45, 2.75) is 33.9 Å². The molecular weight excluding hydrogens is 298 g/mol. The number of ketones is 1. The molecule has 0 unspecified atom stereocenters. The summed E-state index contributed by atoms with van der Waals surface area (Å²) in [5.41, 5.74) is 2.52. The molecular formula is C16H17N3O2S. The van der Waals surface area contributed by atoms with Crippen molar-refractivity contribution in [1.29, 1.82) is 0 Å². The molecule has 0 aliphatic heterocycles. The Labute approximate surface area is 131 Å². The van der Waals surface area contributed by atoms with Gasteiger partial charge < -0.3 is 4.57 Å².